The van der Waals surface area contributed by atoms with Gasteiger partial charge in [-0.3, -0.25) is 4.79 Å². The van der Waals surface area contributed by atoms with Crippen LogP contribution in [0.3, 0.4) is 0 Å². The third kappa shape index (κ3) is 5.08. The Hall–Kier alpha value is -5.22. The van der Waals surface area contributed by atoms with Gasteiger partial charge < -0.3 is 14.2 Å². The number of para-hydroxylation sites is 1. The lowest BCUT2D eigenvalue weighted by atomic mass is 10.1. The lowest BCUT2D eigenvalue weighted by Gasteiger charge is -2.09. The predicted molar refractivity (Wildman–Crippen MR) is 159 cm³/mol. The highest BCUT2D eigenvalue weighted by Gasteiger charge is 2.16. The van der Waals surface area contributed by atoms with E-state index in [1.54, 1.807) is 25.0 Å². The second-order valence-corrected chi connectivity index (χ2v) is 9.96. The number of methoxy groups -OCH3 is 2. The molecule has 0 aliphatic heterocycles. The third-order valence-corrected chi connectivity index (χ3v) is 7.33. The van der Waals surface area contributed by atoms with Crippen molar-refractivity contribution in [1.82, 2.24) is 24.4 Å². The Kier molecular flexibility index (Phi) is 7.05. The first-order chi connectivity index (χ1) is 20.1. The maximum Gasteiger partial charge on any atom is 0.291 e. The molecule has 0 amide bonds. The lowest BCUT2D eigenvalue weighted by Crippen LogP contribution is -2.23. The van der Waals surface area contributed by atoms with Gasteiger partial charge in [0.2, 0.25) is 4.96 Å². The monoisotopic (exact) mass is 563 g/mol. The second-order valence-electron chi connectivity index (χ2n) is 8.95. The summed E-state index contributed by atoms with van der Waals surface area (Å²) in [5.41, 5.74) is 3.70. The summed E-state index contributed by atoms with van der Waals surface area (Å²) < 4.78 is 20.1. The van der Waals surface area contributed by atoms with Crippen LogP contribution in [0.4, 0.5) is 0 Å². The molecule has 0 aliphatic rings. The topological polar surface area (TPSA) is 92.8 Å². The Balaban J connectivity index is 1.42. The Morgan fingerprint density at radius 3 is 2.39 bits per heavy atom. The molecule has 3 aromatic heterocycles. The molecule has 0 radical (unpaired) electrons. The molecular weight excluding hydrogens is 538 g/mol. The van der Waals surface area contributed by atoms with E-state index in [1.165, 1.54) is 15.9 Å². The molecule has 3 aromatic carbocycles. The molecule has 10 heteroatoms. The van der Waals surface area contributed by atoms with Gasteiger partial charge in [-0.25, -0.2) is 4.68 Å². The van der Waals surface area contributed by atoms with Crippen molar-refractivity contribution >= 4 is 22.4 Å². The van der Waals surface area contributed by atoms with Gasteiger partial charge in [-0.15, -0.1) is 5.10 Å². The quantitative estimate of drug-likeness (QED) is 0.233. The minimum absolute atomic E-state index is 0.250. The minimum atomic E-state index is -0.250. The van der Waals surface area contributed by atoms with Crippen LogP contribution in [0, 0.1) is 0 Å². The van der Waals surface area contributed by atoms with Gasteiger partial charge in [0.1, 0.15) is 18.1 Å². The van der Waals surface area contributed by atoms with E-state index >= 15 is 0 Å². The predicted octanol–water partition coefficient (Wildman–Crippen LogP) is 4.80. The van der Waals surface area contributed by atoms with Crippen molar-refractivity contribution in [3.05, 3.63) is 112 Å². The normalized spacial score (nSPS) is 11.6. The molecule has 0 atom stereocenters. The first kappa shape index (κ1) is 26.0. The van der Waals surface area contributed by atoms with Crippen LogP contribution in [0.2, 0.25) is 0 Å². The SMILES string of the molecule is C=CCOc1ccc(-c2nc3sc(=Cc4cn(-c5ccccc5)nc4-c4ccc(OC)c(OC)c4)c(=O)n3n2)cc1. The highest BCUT2D eigenvalue weighted by Crippen LogP contribution is 2.33. The Morgan fingerprint density at radius 1 is 0.927 bits per heavy atom. The van der Waals surface area contributed by atoms with Crippen molar-refractivity contribution in [3.63, 3.8) is 0 Å². The first-order valence-electron chi connectivity index (χ1n) is 12.7. The number of hydrogen-bond acceptors (Lipinski definition) is 8. The molecule has 0 saturated carbocycles. The fourth-order valence-electron chi connectivity index (χ4n) is 4.37. The van der Waals surface area contributed by atoms with Gasteiger partial charge in [0.15, 0.2) is 17.3 Å². The second kappa shape index (κ2) is 11.1. The maximum absolute atomic E-state index is 13.4. The van der Waals surface area contributed by atoms with Gasteiger partial charge >= 0.3 is 0 Å². The zero-order valence-electron chi connectivity index (χ0n) is 22.4. The van der Waals surface area contributed by atoms with Crippen LogP contribution in [0.25, 0.3) is 39.4 Å². The highest BCUT2D eigenvalue weighted by molar-refractivity contribution is 7.15. The van der Waals surface area contributed by atoms with Crippen LogP contribution in [0.5, 0.6) is 17.2 Å². The number of aromatic nitrogens is 5. The molecule has 0 aliphatic carbocycles. The van der Waals surface area contributed by atoms with Crippen molar-refractivity contribution in [1.29, 1.82) is 0 Å². The summed E-state index contributed by atoms with van der Waals surface area (Å²) >= 11 is 1.27. The fourth-order valence-corrected chi connectivity index (χ4v) is 5.27. The van der Waals surface area contributed by atoms with Crippen LogP contribution < -0.4 is 24.3 Å². The van der Waals surface area contributed by atoms with Crippen LogP contribution in [-0.4, -0.2) is 45.2 Å². The molecule has 0 unspecified atom stereocenters. The summed E-state index contributed by atoms with van der Waals surface area (Å²) in [6.45, 7) is 4.08. The number of ether oxygens (including phenoxy) is 3. The maximum atomic E-state index is 13.4. The molecule has 0 spiro atoms. The van der Waals surface area contributed by atoms with E-state index in [-0.39, 0.29) is 5.56 Å². The summed E-state index contributed by atoms with van der Waals surface area (Å²) in [6.07, 6.45) is 5.41. The first-order valence-corrected chi connectivity index (χ1v) is 13.5. The Morgan fingerprint density at radius 2 is 1.68 bits per heavy atom. The smallest absolute Gasteiger partial charge is 0.291 e. The molecule has 3 heterocycles. The molecule has 6 rings (SSSR count). The van der Waals surface area contributed by atoms with Gasteiger partial charge in [0.25, 0.3) is 5.56 Å². The van der Waals surface area contributed by atoms with Crippen LogP contribution in [-0.2, 0) is 0 Å². The average molecular weight is 564 g/mol. The zero-order valence-corrected chi connectivity index (χ0v) is 23.2. The summed E-state index contributed by atoms with van der Waals surface area (Å²) in [5.74, 6) is 2.39. The third-order valence-electron chi connectivity index (χ3n) is 6.37. The Bertz CT molecular complexity index is 1960. The standard InChI is InChI=1S/C31H25N5O4S/c1-4-16-40-24-13-10-20(11-14-24)29-32-31-36(34-29)30(37)27(41-31)18-22-19-35(23-8-6-5-7-9-23)33-28(22)21-12-15-25(38-2)26(17-21)39-3/h4-15,17-19H,1,16H2,2-3H3. The van der Waals surface area contributed by atoms with Gasteiger partial charge in [-0.1, -0.05) is 42.2 Å². The molecule has 0 bridgehead atoms. The van der Waals surface area contributed by atoms with Crippen molar-refractivity contribution < 1.29 is 14.2 Å². The molecule has 0 N–H and O–H groups in total. The van der Waals surface area contributed by atoms with E-state index in [2.05, 4.69) is 16.7 Å². The van der Waals surface area contributed by atoms with Gasteiger partial charge in [-0.05, 0) is 60.7 Å². The molecule has 41 heavy (non-hydrogen) atoms. The van der Waals surface area contributed by atoms with Crippen molar-refractivity contribution in [2.45, 2.75) is 0 Å². The number of fused-ring (bicyclic) bond motifs is 1. The molecule has 6 aromatic rings. The number of thiazole rings is 1. The molecule has 204 valence electrons. The van der Waals surface area contributed by atoms with Crippen LogP contribution in [0.15, 0.2) is 96.4 Å². The summed E-state index contributed by atoms with van der Waals surface area (Å²) in [5, 5.41) is 9.35. The molecular formula is C31H25N5O4S. The lowest BCUT2D eigenvalue weighted by molar-refractivity contribution is 0.355. The summed E-state index contributed by atoms with van der Waals surface area (Å²) in [4.78, 5) is 18.5. The van der Waals surface area contributed by atoms with Crippen molar-refractivity contribution in [2.24, 2.45) is 0 Å². The van der Waals surface area contributed by atoms with Crippen LogP contribution in [0.1, 0.15) is 5.56 Å². The fraction of sp³-hybridized carbons (Fsp3) is 0.0968. The number of nitrogens with zero attached hydrogens (tertiary/aromatic N) is 5. The molecule has 9 nitrogen and oxygen atoms in total. The van der Waals surface area contributed by atoms with Gasteiger partial charge in [0.05, 0.1) is 24.4 Å². The zero-order chi connectivity index (χ0) is 28.3. The van der Waals surface area contributed by atoms with Crippen LogP contribution >= 0.6 is 11.3 Å². The van der Waals surface area contributed by atoms with Gasteiger partial charge in [-0.2, -0.15) is 14.6 Å². The van der Waals surface area contributed by atoms with E-state index in [0.29, 0.717) is 39.1 Å². The van der Waals surface area contributed by atoms with E-state index < -0.39 is 0 Å². The number of rotatable bonds is 9. The largest absolute Gasteiger partial charge is 0.493 e. The van der Waals surface area contributed by atoms with Crippen molar-refractivity contribution in [3.8, 4) is 45.6 Å². The molecule has 0 saturated heterocycles. The molecule has 0 fully saturated rings. The number of benzene rings is 3. The van der Waals surface area contributed by atoms with Crippen molar-refractivity contribution in [2.75, 3.05) is 20.8 Å². The average Bonchev–Trinajstić information content (AvgIpc) is 3.71. The summed E-state index contributed by atoms with van der Waals surface area (Å²) in [6, 6.07) is 22.8. The van der Waals surface area contributed by atoms with E-state index in [0.717, 1.165) is 28.1 Å². The van der Waals surface area contributed by atoms with E-state index in [4.69, 9.17) is 19.3 Å². The van der Waals surface area contributed by atoms with E-state index in [1.807, 2.05) is 85.1 Å². The van der Waals surface area contributed by atoms with E-state index in [9.17, 15) is 4.79 Å². The number of hydrogen-bond donors (Lipinski definition) is 0. The summed E-state index contributed by atoms with van der Waals surface area (Å²) in [7, 11) is 3.19. The Labute approximate surface area is 239 Å². The minimum Gasteiger partial charge on any atom is -0.493 e. The van der Waals surface area contributed by atoms with Gasteiger partial charge in [0, 0.05) is 22.9 Å². The highest BCUT2D eigenvalue weighted by atomic mass is 32.1.